The number of nitro groups is 1. The van der Waals surface area contributed by atoms with E-state index in [1.54, 1.807) is 0 Å². The number of hydrogen-bond donors (Lipinski definition) is 0. The van der Waals surface area contributed by atoms with Gasteiger partial charge in [-0.2, -0.15) is 5.10 Å². The predicted molar refractivity (Wildman–Crippen MR) is 84.2 cm³/mol. The number of ether oxygens (including phenoxy) is 1. The molecule has 9 heteroatoms. The molecule has 1 aliphatic heterocycles. The van der Waals surface area contributed by atoms with Gasteiger partial charge in [0, 0.05) is 38.4 Å². The molecule has 1 amide bonds. The second kappa shape index (κ2) is 6.83. The van der Waals surface area contributed by atoms with Gasteiger partial charge in [-0.1, -0.05) is 0 Å². The molecule has 128 valence electrons. The Bertz CT molecular complexity index is 738. The van der Waals surface area contributed by atoms with E-state index in [1.807, 2.05) is 34.8 Å². The Hall–Kier alpha value is -2.68. The molecule has 1 saturated heterocycles. The molecule has 0 N–H and O–H groups in total. The third kappa shape index (κ3) is 3.30. The molecule has 1 aliphatic rings. The largest absolute Gasteiger partial charge is 0.377 e. The lowest BCUT2D eigenvalue weighted by atomic mass is 10.1. The molecule has 2 aromatic rings. The molecule has 2 aromatic heterocycles. The molecule has 1 fully saturated rings. The van der Waals surface area contributed by atoms with E-state index in [0.29, 0.717) is 26.3 Å². The van der Waals surface area contributed by atoms with Crippen molar-refractivity contribution in [3.8, 4) is 0 Å². The normalized spacial score (nSPS) is 17.9. The zero-order valence-electron chi connectivity index (χ0n) is 13.4. The van der Waals surface area contributed by atoms with E-state index in [1.165, 1.54) is 17.1 Å². The van der Waals surface area contributed by atoms with Gasteiger partial charge in [-0.3, -0.25) is 19.6 Å². The average molecular weight is 333 g/mol. The summed E-state index contributed by atoms with van der Waals surface area (Å²) in [6.07, 6.45) is 4.70. The van der Waals surface area contributed by atoms with Crippen molar-refractivity contribution in [3.63, 3.8) is 0 Å². The van der Waals surface area contributed by atoms with Gasteiger partial charge in [-0.25, -0.2) is 0 Å². The first-order valence-electron chi connectivity index (χ1n) is 7.71. The van der Waals surface area contributed by atoms with E-state index < -0.39 is 4.92 Å². The number of aryl methyl sites for hydroxylation is 2. The molecule has 1 atom stereocenters. The van der Waals surface area contributed by atoms with Crippen molar-refractivity contribution in [1.82, 2.24) is 19.2 Å². The van der Waals surface area contributed by atoms with Crippen LogP contribution < -0.4 is 0 Å². The number of morpholine rings is 1. The standard InChI is InChI=1S/C15H19N5O4/c1-17-5-2-3-13(17)14-11-24-8-7-19(14)15(21)4-6-18-10-12(9-16-18)20(22)23/h2-3,5,9-10,14H,4,6-8,11H2,1H3. The number of amides is 1. The van der Waals surface area contributed by atoms with Gasteiger partial charge in [0.25, 0.3) is 0 Å². The minimum atomic E-state index is -0.501. The molecule has 0 saturated carbocycles. The van der Waals surface area contributed by atoms with Gasteiger partial charge in [0.2, 0.25) is 5.91 Å². The highest BCUT2D eigenvalue weighted by atomic mass is 16.6. The first-order valence-corrected chi connectivity index (χ1v) is 7.71. The summed E-state index contributed by atoms with van der Waals surface area (Å²) < 4.78 is 8.94. The van der Waals surface area contributed by atoms with Crippen molar-refractivity contribution in [2.75, 3.05) is 19.8 Å². The minimum absolute atomic E-state index is 0.0114. The topological polar surface area (TPSA) is 95.4 Å². The highest BCUT2D eigenvalue weighted by Gasteiger charge is 2.29. The molecule has 24 heavy (non-hydrogen) atoms. The summed E-state index contributed by atoms with van der Waals surface area (Å²) in [5, 5.41) is 14.6. The van der Waals surface area contributed by atoms with Crippen LogP contribution in [0, 0.1) is 10.1 Å². The fraction of sp³-hybridized carbons (Fsp3) is 0.467. The molecule has 3 heterocycles. The Morgan fingerprint density at radius 3 is 3.04 bits per heavy atom. The Balaban J connectivity index is 1.65. The van der Waals surface area contributed by atoms with E-state index in [4.69, 9.17) is 4.74 Å². The lowest BCUT2D eigenvalue weighted by Gasteiger charge is -2.36. The molecule has 0 aliphatic carbocycles. The van der Waals surface area contributed by atoms with Crippen molar-refractivity contribution < 1.29 is 14.5 Å². The zero-order chi connectivity index (χ0) is 17.1. The number of nitrogens with zero attached hydrogens (tertiary/aromatic N) is 5. The number of rotatable bonds is 5. The Kier molecular flexibility index (Phi) is 4.61. The monoisotopic (exact) mass is 333 g/mol. The second-order valence-electron chi connectivity index (χ2n) is 5.69. The molecular weight excluding hydrogens is 314 g/mol. The van der Waals surface area contributed by atoms with E-state index in [9.17, 15) is 14.9 Å². The molecule has 0 aromatic carbocycles. The number of aromatic nitrogens is 3. The number of hydrogen-bond acceptors (Lipinski definition) is 5. The summed E-state index contributed by atoms with van der Waals surface area (Å²) in [6.45, 7) is 1.83. The molecule has 0 spiro atoms. The van der Waals surface area contributed by atoms with Crippen LogP contribution in [0.15, 0.2) is 30.7 Å². The van der Waals surface area contributed by atoms with Crippen LogP contribution in [-0.4, -0.2) is 49.8 Å². The van der Waals surface area contributed by atoms with Crippen LogP contribution in [0.25, 0.3) is 0 Å². The summed E-state index contributed by atoms with van der Waals surface area (Å²) in [6, 6.07) is 3.81. The van der Waals surface area contributed by atoms with Gasteiger partial charge in [-0.15, -0.1) is 0 Å². The van der Waals surface area contributed by atoms with Crippen molar-refractivity contribution in [3.05, 3.63) is 46.5 Å². The summed E-state index contributed by atoms with van der Waals surface area (Å²) >= 11 is 0. The lowest BCUT2D eigenvalue weighted by molar-refractivity contribution is -0.385. The third-order valence-corrected chi connectivity index (χ3v) is 4.16. The fourth-order valence-corrected chi connectivity index (χ4v) is 2.89. The van der Waals surface area contributed by atoms with Crippen molar-refractivity contribution in [2.24, 2.45) is 7.05 Å². The first-order chi connectivity index (χ1) is 11.6. The lowest BCUT2D eigenvalue weighted by Crippen LogP contribution is -2.44. The predicted octanol–water partition coefficient (Wildman–Crippen LogP) is 1.12. The van der Waals surface area contributed by atoms with Crippen LogP contribution in [0.2, 0.25) is 0 Å². The first kappa shape index (κ1) is 16.2. The van der Waals surface area contributed by atoms with Crippen LogP contribution in [0.3, 0.4) is 0 Å². The van der Waals surface area contributed by atoms with E-state index in [-0.39, 0.29) is 24.1 Å². The van der Waals surface area contributed by atoms with Crippen LogP contribution in [-0.2, 0) is 23.1 Å². The SMILES string of the molecule is Cn1cccc1C1COCCN1C(=O)CCn1cc([N+](=O)[O-])cn1. The molecular formula is C15H19N5O4. The Labute approximate surface area is 138 Å². The maximum atomic E-state index is 12.6. The van der Waals surface area contributed by atoms with Crippen LogP contribution in [0.5, 0.6) is 0 Å². The molecule has 3 rings (SSSR count). The minimum Gasteiger partial charge on any atom is -0.377 e. The maximum absolute atomic E-state index is 12.6. The maximum Gasteiger partial charge on any atom is 0.306 e. The van der Waals surface area contributed by atoms with E-state index in [0.717, 1.165) is 5.69 Å². The molecule has 9 nitrogen and oxygen atoms in total. The van der Waals surface area contributed by atoms with Crippen LogP contribution in [0.1, 0.15) is 18.2 Å². The fourth-order valence-electron chi connectivity index (χ4n) is 2.89. The van der Waals surface area contributed by atoms with E-state index >= 15 is 0 Å². The number of carbonyl (C=O) groups excluding carboxylic acids is 1. The number of carbonyl (C=O) groups is 1. The summed E-state index contributed by atoms with van der Waals surface area (Å²) in [4.78, 5) is 24.6. The molecule has 0 bridgehead atoms. The van der Waals surface area contributed by atoms with Gasteiger partial charge in [0.05, 0.1) is 24.2 Å². The summed E-state index contributed by atoms with van der Waals surface area (Å²) in [5.74, 6) is -0.0114. The van der Waals surface area contributed by atoms with E-state index in [2.05, 4.69) is 5.10 Å². The Morgan fingerprint density at radius 2 is 2.38 bits per heavy atom. The Morgan fingerprint density at radius 1 is 1.54 bits per heavy atom. The van der Waals surface area contributed by atoms with Gasteiger partial charge in [0.1, 0.15) is 12.4 Å². The van der Waals surface area contributed by atoms with Crippen LogP contribution >= 0.6 is 0 Å². The van der Waals surface area contributed by atoms with Gasteiger partial charge < -0.3 is 14.2 Å². The summed E-state index contributed by atoms with van der Waals surface area (Å²) in [5.41, 5.74) is 0.952. The van der Waals surface area contributed by atoms with Crippen molar-refractivity contribution >= 4 is 11.6 Å². The van der Waals surface area contributed by atoms with Gasteiger partial charge in [-0.05, 0) is 12.1 Å². The highest BCUT2D eigenvalue weighted by Crippen LogP contribution is 2.25. The van der Waals surface area contributed by atoms with Gasteiger partial charge >= 0.3 is 5.69 Å². The smallest absolute Gasteiger partial charge is 0.306 e. The second-order valence-corrected chi connectivity index (χ2v) is 5.69. The van der Waals surface area contributed by atoms with Gasteiger partial charge in [0.15, 0.2) is 0 Å². The van der Waals surface area contributed by atoms with Crippen molar-refractivity contribution in [1.29, 1.82) is 0 Å². The average Bonchev–Trinajstić information content (AvgIpc) is 3.21. The highest BCUT2D eigenvalue weighted by molar-refractivity contribution is 5.76. The molecule has 0 radical (unpaired) electrons. The third-order valence-electron chi connectivity index (χ3n) is 4.16. The summed E-state index contributed by atoms with van der Waals surface area (Å²) in [7, 11) is 1.94. The quantitative estimate of drug-likeness (QED) is 0.603. The zero-order valence-corrected chi connectivity index (χ0v) is 13.4. The van der Waals surface area contributed by atoms with Crippen molar-refractivity contribution in [2.45, 2.75) is 19.0 Å². The molecule has 1 unspecified atom stereocenters. The van der Waals surface area contributed by atoms with Crippen LogP contribution in [0.4, 0.5) is 5.69 Å².